The van der Waals surface area contributed by atoms with Gasteiger partial charge in [0.05, 0.1) is 31.2 Å². The summed E-state index contributed by atoms with van der Waals surface area (Å²) in [7, 11) is 0. The fourth-order valence-electron chi connectivity index (χ4n) is 15.0. The number of pyridine rings is 8. The molecule has 0 atom stereocenters. The minimum Gasteiger partial charge on any atom is -0.618 e. The highest BCUT2D eigenvalue weighted by Crippen LogP contribution is 2.45. The van der Waals surface area contributed by atoms with Gasteiger partial charge in [0.2, 0.25) is 0 Å². The van der Waals surface area contributed by atoms with Crippen LogP contribution in [0.4, 0.5) is 52.7 Å². The molecule has 0 radical (unpaired) electrons. The van der Waals surface area contributed by atoms with Gasteiger partial charge in [0.1, 0.15) is 103 Å². The molecule has 16 aromatic rings. The van der Waals surface area contributed by atoms with Crippen LogP contribution in [0.15, 0.2) is 231 Å². The number of aromatic nitrogens is 8. The highest BCUT2D eigenvalue weighted by atomic mass is 35.5. The fraction of sp³-hybridized carbons (Fsp3) is 0.111. The topological polar surface area (TPSA) is 183 Å². The van der Waals surface area contributed by atoms with E-state index in [9.17, 15) is 73.5 Å². The lowest BCUT2D eigenvalue weighted by Crippen LogP contribution is -2.30. The molecule has 2 aliphatic heterocycles. The summed E-state index contributed by atoms with van der Waals surface area (Å²) in [5, 5.41) is 60.1. The summed E-state index contributed by atoms with van der Waals surface area (Å²) in [6.07, 6.45) is 10.8. The predicted molar refractivity (Wildman–Crippen MR) is 436 cm³/mol. The third kappa shape index (κ3) is 16.6. The Hall–Kier alpha value is -12.6. The lowest BCUT2D eigenvalue weighted by molar-refractivity contribution is -0.592. The lowest BCUT2D eigenvalue weighted by atomic mass is 9.90. The molecule has 30 heteroatoms. The number of piperidine rings is 2. The molecule has 14 nitrogen and oxygen atoms in total. The van der Waals surface area contributed by atoms with Gasteiger partial charge in [0, 0.05) is 128 Å². The summed E-state index contributed by atoms with van der Waals surface area (Å²) in [6.45, 7) is 3.19. The van der Waals surface area contributed by atoms with Gasteiger partial charge in [-0.15, -0.1) is 0 Å². The summed E-state index contributed by atoms with van der Waals surface area (Å²) in [6, 6.07) is 42.2. The first-order chi connectivity index (χ1) is 57.8. The SMILES string of the molecule is [O-][n+]1ccc2c(-c3ccc(F)cc3F)cc(C3CCNCC3)nc2c1-c1c(Cl)cccc1Cl.[O-][n+]1ccc2c(-c3ccc(F)cc3F)cc(C3CCNCC3)nc2c1-c1c(F)cccc1F.[O-][n+]1ccc2c(-c3ccc(F)cc3F)ccnc2c1-c1c(Cl)cccc1Cl.[O-][n+]1ccc2c(-c3ccc(F)cc3F)ccnc2c1-c1c(F)cccc1F. The zero-order valence-corrected chi connectivity index (χ0v) is 65.0. The Balaban J connectivity index is 0.000000125. The zero-order valence-electron chi connectivity index (χ0n) is 62.0. The summed E-state index contributed by atoms with van der Waals surface area (Å²) >= 11 is 25.4. The maximum atomic E-state index is 14.9. The molecule has 0 aliphatic carbocycles. The molecule has 2 fully saturated rings. The van der Waals surface area contributed by atoms with Crippen LogP contribution in [-0.2, 0) is 0 Å². The molecule has 0 amide bonds. The summed E-state index contributed by atoms with van der Waals surface area (Å²) in [5.74, 6) is -9.29. The molecule has 120 heavy (non-hydrogen) atoms. The van der Waals surface area contributed by atoms with Gasteiger partial charge >= 0.3 is 0 Å². The summed E-state index contributed by atoms with van der Waals surface area (Å²) in [4.78, 5) is 17.9. The van der Waals surface area contributed by atoms with Gasteiger partial charge in [-0.05, 0) is 195 Å². The molecule has 604 valence electrons. The maximum Gasteiger partial charge on any atom is 0.256 e. The van der Waals surface area contributed by atoms with Gasteiger partial charge in [0.15, 0.2) is 24.8 Å². The van der Waals surface area contributed by atoms with E-state index in [1.54, 1.807) is 54.6 Å². The highest BCUT2D eigenvalue weighted by molar-refractivity contribution is 6.40. The number of benzene rings is 8. The van der Waals surface area contributed by atoms with Crippen LogP contribution in [0.2, 0.25) is 20.1 Å². The van der Waals surface area contributed by atoms with Gasteiger partial charge in [-0.1, -0.05) is 70.7 Å². The van der Waals surface area contributed by atoms with E-state index in [2.05, 4.69) is 25.6 Å². The fourth-order valence-corrected chi connectivity index (χ4v) is 16.2. The monoisotopic (exact) mass is 1710 g/mol. The Bertz CT molecular complexity index is 6250. The number of hydrogen-bond donors (Lipinski definition) is 2. The Morgan fingerprint density at radius 3 is 0.858 bits per heavy atom. The van der Waals surface area contributed by atoms with E-state index in [-0.39, 0.29) is 67.9 Å². The van der Waals surface area contributed by atoms with Crippen molar-refractivity contribution >= 4 is 90.0 Å². The van der Waals surface area contributed by atoms with Gasteiger partial charge in [0.25, 0.3) is 22.8 Å². The van der Waals surface area contributed by atoms with E-state index in [4.69, 9.17) is 51.4 Å². The number of fused-ring (bicyclic) bond motifs is 4. The van der Waals surface area contributed by atoms with E-state index in [0.29, 0.717) is 111 Å². The average molecular weight is 1710 g/mol. The number of nitrogens with zero attached hydrogens (tertiary/aromatic N) is 8. The van der Waals surface area contributed by atoms with Gasteiger partial charge in [-0.3, -0.25) is 0 Å². The molecular formula is C90H58Cl4F12N10O4. The smallest absolute Gasteiger partial charge is 0.256 e. The summed E-state index contributed by atoms with van der Waals surface area (Å²) < 4.78 is 172. The second-order valence-corrected chi connectivity index (χ2v) is 29.5. The molecule has 0 bridgehead atoms. The van der Waals surface area contributed by atoms with Crippen molar-refractivity contribution < 1.29 is 71.6 Å². The maximum absolute atomic E-state index is 14.9. The molecule has 2 saturated heterocycles. The molecule has 0 spiro atoms. The number of hydrogen-bond acceptors (Lipinski definition) is 10. The van der Waals surface area contributed by atoms with Crippen LogP contribution in [0.5, 0.6) is 0 Å². The second-order valence-electron chi connectivity index (χ2n) is 27.8. The highest BCUT2D eigenvalue weighted by Gasteiger charge is 2.32. The largest absolute Gasteiger partial charge is 0.618 e. The quantitative estimate of drug-likeness (QED) is 0.0759. The number of rotatable bonds is 10. The molecule has 0 unspecified atom stereocenters. The number of halogens is 16. The first-order valence-electron chi connectivity index (χ1n) is 37.0. The predicted octanol–water partition coefficient (Wildman–Crippen LogP) is 22.0. The third-order valence-corrected chi connectivity index (χ3v) is 21.9. The average Bonchev–Trinajstić information content (AvgIpc) is 0.771. The number of nitrogens with one attached hydrogen (secondary N) is 2. The van der Waals surface area contributed by atoms with Crippen LogP contribution >= 0.6 is 46.4 Å². The van der Waals surface area contributed by atoms with Gasteiger partial charge < -0.3 is 31.5 Å². The molecule has 8 aromatic heterocycles. The molecule has 2 N–H and O–H groups in total. The van der Waals surface area contributed by atoms with Gasteiger partial charge in [-0.2, -0.15) is 18.9 Å². The van der Waals surface area contributed by atoms with E-state index >= 15 is 0 Å². The van der Waals surface area contributed by atoms with Crippen molar-refractivity contribution in [3.8, 4) is 89.5 Å². The standard InChI is InChI=1S/C25H19Cl2F2N3O.C25H19F4N3O.C20H10Cl2F2N2O.C20H10F4N2O/c26-19-2-1-3-20(27)23(19)25-24-17(8-11-32(25)33)18(16-5-4-15(28)12-21(16)29)13-22(31-24)14-6-9-30-10-7-14;26-15-4-5-16(21(29)12-15)18-13-22(14-6-9-30-10-7-14)31-24-17(18)8-11-32(33)25(24)23-19(27)2-1-3-20(23)28;21-15-2-1-3-16(22)18(15)20-19-14(7-9-26(20)27)12(6-8-25-19)13-5-4-11(23)10-17(13)24;21-11-4-5-13(17(24)10-11)12-6-8-25-19-14(12)7-9-26(27)20(19)18-15(22)2-1-3-16(18)23/h2*1-5,8,11-14,30H,6-7,9-10H2;2*1-10H. The first-order valence-corrected chi connectivity index (χ1v) is 38.5. The molecule has 10 heterocycles. The Morgan fingerprint density at radius 1 is 0.283 bits per heavy atom. The van der Waals surface area contributed by atoms with Crippen molar-refractivity contribution in [3.05, 3.63) is 353 Å². The normalized spacial score (nSPS) is 13.1. The minimum atomic E-state index is -0.924. The third-order valence-electron chi connectivity index (χ3n) is 20.6. The zero-order chi connectivity index (χ0) is 84.5. The minimum absolute atomic E-state index is 0.00211. The van der Waals surface area contributed by atoms with Crippen LogP contribution in [0.1, 0.15) is 48.9 Å². The lowest BCUT2D eigenvalue weighted by Gasteiger charge is -2.23. The second kappa shape index (κ2) is 35.2. The van der Waals surface area contributed by atoms with Crippen molar-refractivity contribution in [2.45, 2.75) is 37.5 Å². The van der Waals surface area contributed by atoms with Crippen molar-refractivity contribution in [2.24, 2.45) is 0 Å². The Kier molecular flexibility index (Phi) is 24.2. The van der Waals surface area contributed by atoms with Crippen LogP contribution in [0, 0.1) is 90.6 Å². The van der Waals surface area contributed by atoms with Crippen LogP contribution in [0.25, 0.3) is 133 Å². The molecule has 8 aromatic carbocycles. The van der Waals surface area contributed by atoms with E-state index in [1.807, 2.05) is 6.07 Å². The van der Waals surface area contributed by atoms with E-state index in [1.165, 1.54) is 97.6 Å². The van der Waals surface area contributed by atoms with Crippen molar-refractivity contribution in [2.75, 3.05) is 26.2 Å². The molecular weight excluding hydrogens is 1650 g/mol. The molecule has 18 rings (SSSR count). The Morgan fingerprint density at radius 2 is 0.550 bits per heavy atom. The molecule has 0 saturated carbocycles. The van der Waals surface area contributed by atoms with Crippen LogP contribution < -0.4 is 29.6 Å². The van der Waals surface area contributed by atoms with Crippen LogP contribution in [-0.4, -0.2) is 46.1 Å². The van der Waals surface area contributed by atoms with Gasteiger partial charge in [-0.25, -0.2) is 72.6 Å². The van der Waals surface area contributed by atoms with E-state index in [0.717, 1.165) is 131 Å². The van der Waals surface area contributed by atoms with Crippen LogP contribution in [0.3, 0.4) is 0 Å². The van der Waals surface area contributed by atoms with Crippen molar-refractivity contribution in [1.29, 1.82) is 0 Å². The van der Waals surface area contributed by atoms with Crippen molar-refractivity contribution in [1.82, 2.24) is 30.6 Å². The van der Waals surface area contributed by atoms with Crippen molar-refractivity contribution in [3.63, 3.8) is 0 Å². The summed E-state index contributed by atoms with van der Waals surface area (Å²) in [5.41, 5.74) is 3.82. The van der Waals surface area contributed by atoms with E-state index < -0.39 is 80.9 Å². The first kappa shape index (κ1) is 82.5. The Labute approximate surface area is 694 Å². The molecule has 2 aliphatic rings.